The van der Waals surface area contributed by atoms with Gasteiger partial charge in [0.25, 0.3) is 0 Å². The zero-order valence-electron chi connectivity index (χ0n) is 11.0. The zero-order chi connectivity index (χ0) is 14.0. The van der Waals surface area contributed by atoms with Crippen molar-refractivity contribution in [3.8, 4) is 0 Å². The summed E-state index contributed by atoms with van der Waals surface area (Å²) in [6, 6.07) is 3.31. The van der Waals surface area contributed by atoms with E-state index in [9.17, 15) is 9.59 Å². The Morgan fingerprint density at radius 1 is 1.53 bits per heavy atom. The second-order valence-electron chi connectivity index (χ2n) is 4.63. The minimum atomic E-state index is -0.409. The van der Waals surface area contributed by atoms with Gasteiger partial charge in [0.05, 0.1) is 10.4 Å². The van der Waals surface area contributed by atoms with E-state index in [1.165, 1.54) is 11.3 Å². The third kappa shape index (κ3) is 3.09. The molecule has 0 aliphatic carbocycles. The van der Waals surface area contributed by atoms with Gasteiger partial charge >= 0.3 is 0 Å². The lowest BCUT2D eigenvalue weighted by Crippen LogP contribution is -2.44. The Balaban J connectivity index is 2.21. The van der Waals surface area contributed by atoms with E-state index < -0.39 is 6.04 Å². The minimum absolute atomic E-state index is 0.00891. The first-order valence-electron chi connectivity index (χ1n) is 6.38. The summed E-state index contributed by atoms with van der Waals surface area (Å²) in [6.07, 6.45) is 0.963. The summed E-state index contributed by atoms with van der Waals surface area (Å²) in [5, 5.41) is 2.77. The number of hydrogen-bond acceptors (Lipinski definition) is 3. The van der Waals surface area contributed by atoms with Gasteiger partial charge in [0.15, 0.2) is 0 Å². The van der Waals surface area contributed by atoms with E-state index in [0.29, 0.717) is 23.7 Å². The monoisotopic (exact) mass is 300 g/mol. The van der Waals surface area contributed by atoms with Crippen molar-refractivity contribution in [3.63, 3.8) is 0 Å². The second-order valence-corrected chi connectivity index (χ2v) is 6.37. The first-order valence-corrected chi connectivity index (χ1v) is 7.57. The smallest absolute Gasteiger partial charge is 0.245 e. The molecule has 2 unspecified atom stereocenters. The largest absolute Gasteiger partial charge is 0.344 e. The molecule has 0 spiro atoms. The molecule has 4 nitrogen and oxygen atoms in total. The fraction of sp³-hybridized carbons (Fsp3) is 0.538. The molecular formula is C13H17ClN2O2S. The van der Waals surface area contributed by atoms with E-state index in [-0.39, 0.29) is 17.9 Å². The van der Waals surface area contributed by atoms with Crippen LogP contribution in [0.15, 0.2) is 12.1 Å². The lowest BCUT2D eigenvalue weighted by atomic mass is 10.1. The van der Waals surface area contributed by atoms with Gasteiger partial charge in [-0.15, -0.1) is 11.3 Å². The number of rotatable bonds is 3. The van der Waals surface area contributed by atoms with Crippen molar-refractivity contribution in [2.24, 2.45) is 0 Å². The van der Waals surface area contributed by atoms with Crippen molar-refractivity contribution in [1.29, 1.82) is 0 Å². The average Bonchev–Trinajstić information content (AvgIpc) is 2.76. The molecule has 0 saturated carbocycles. The first-order chi connectivity index (χ1) is 9.02. The number of hydrogen-bond donors (Lipinski definition) is 1. The number of carbonyl (C=O) groups is 2. The standard InChI is InChI=1S/C13H17ClN2O2S/c1-3-9-13(18)16(7-6-12(17)15-9)8(2)10-4-5-11(14)19-10/h4-5,8-9H,3,6-7H2,1-2H3,(H,15,17). The Morgan fingerprint density at radius 3 is 2.84 bits per heavy atom. The molecule has 1 saturated heterocycles. The molecule has 1 aliphatic heterocycles. The van der Waals surface area contributed by atoms with Crippen LogP contribution in [0.25, 0.3) is 0 Å². The Hall–Kier alpha value is -1.07. The summed E-state index contributed by atoms with van der Waals surface area (Å²) < 4.78 is 0.713. The van der Waals surface area contributed by atoms with Crippen molar-refractivity contribution < 1.29 is 9.59 Å². The minimum Gasteiger partial charge on any atom is -0.344 e. The van der Waals surface area contributed by atoms with Crippen molar-refractivity contribution >= 4 is 34.8 Å². The van der Waals surface area contributed by atoms with E-state index >= 15 is 0 Å². The first kappa shape index (κ1) is 14.3. The van der Waals surface area contributed by atoms with Crippen LogP contribution in [0.5, 0.6) is 0 Å². The number of amides is 2. The fourth-order valence-electron chi connectivity index (χ4n) is 2.23. The third-order valence-corrected chi connectivity index (χ3v) is 4.78. The lowest BCUT2D eigenvalue weighted by molar-refractivity contribution is -0.135. The summed E-state index contributed by atoms with van der Waals surface area (Å²) in [5.41, 5.74) is 0. The van der Waals surface area contributed by atoms with Gasteiger partial charge in [-0.05, 0) is 25.5 Å². The third-order valence-electron chi connectivity index (χ3n) is 3.38. The van der Waals surface area contributed by atoms with Crippen LogP contribution in [0.1, 0.15) is 37.6 Å². The van der Waals surface area contributed by atoms with Gasteiger partial charge in [0.2, 0.25) is 11.8 Å². The molecule has 104 valence electrons. The highest BCUT2D eigenvalue weighted by Crippen LogP contribution is 2.31. The van der Waals surface area contributed by atoms with Crippen molar-refractivity contribution in [1.82, 2.24) is 10.2 Å². The maximum Gasteiger partial charge on any atom is 0.245 e. The molecular weight excluding hydrogens is 284 g/mol. The Bertz CT molecular complexity index is 489. The Morgan fingerprint density at radius 2 is 2.26 bits per heavy atom. The Labute approximate surface area is 121 Å². The van der Waals surface area contributed by atoms with Crippen LogP contribution in [-0.4, -0.2) is 29.3 Å². The van der Waals surface area contributed by atoms with E-state index in [0.717, 1.165) is 4.88 Å². The van der Waals surface area contributed by atoms with E-state index in [4.69, 9.17) is 11.6 Å². The molecule has 2 heterocycles. The summed E-state index contributed by atoms with van der Waals surface area (Å²) >= 11 is 7.41. The van der Waals surface area contributed by atoms with Gasteiger partial charge in [-0.2, -0.15) is 0 Å². The van der Waals surface area contributed by atoms with Gasteiger partial charge < -0.3 is 10.2 Å². The van der Waals surface area contributed by atoms with Gasteiger partial charge in [-0.25, -0.2) is 0 Å². The molecule has 1 aromatic heterocycles. The van der Waals surface area contributed by atoms with Crippen LogP contribution in [0.2, 0.25) is 4.34 Å². The summed E-state index contributed by atoms with van der Waals surface area (Å²) in [7, 11) is 0. The van der Waals surface area contributed by atoms with Gasteiger partial charge in [-0.1, -0.05) is 18.5 Å². The maximum absolute atomic E-state index is 12.4. The van der Waals surface area contributed by atoms with Crippen LogP contribution in [0.3, 0.4) is 0 Å². The summed E-state index contributed by atoms with van der Waals surface area (Å²) in [4.78, 5) is 26.8. The highest BCUT2D eigenvalue weighted by Gasteiger charge is 2.32. The van der Waals surface area contributed by atoms with Crippen LogP contribution in [0.4, 0.5) is 0 Å². The second kappa shape index (κ2) is 5.92. The number of nitrogens with zero attached hydrogens (tertiary/aromatic N) is 1. The number of thiophene rings is 1. The molecule has 0 radical (unpaired) electrons. The van der Waals surface area contributed by atoms with Crippen LogP contribution < -0.4 is 5.32 Å². The number of nitrogens with one attached hydrogen (secondary N) is 1. The molecule has 1 aliphatic rings. The maximum atomic E-state index is 12.4. The lowest BCUT2D eigenvalue weighted by Gasteiger charge is -2.29. The Kier molecular flexibility index (Phi) is 4.47. The topological polar surface area (TPSA) is 49.4 Å². The molecule has 19 heavy (non-hydrogen) atoms. The molecule has 0 bridgehead atoms. The molecule has 2 amide bonds. The predicted octanol–water partition coefficient (Wildman–Crippen LogP) is 2.59. The number of carbonyl (C=O) groups excluding carboxylic acids is 2. The number of halogens is 1. The van der Waals surface area contributed by atoms with Crippen LogP contribution in [0, 0.1) is 0 Å². The molecule has 1 fully saturated rings. The van der Waals surface area contributed by atoms with Gasteiger partial charge in [0.1, 0.15) is 6.04 Å². The predicted molar refractivity (Wildman–Crippen MR) is 76.3 cm³/mol. The molecule has 6 heteroatoms. The average molecular weight is 301 g/mol. The van der Waals surface area contributed by atoms with Crippen molar-refractivity contribution in [2.45, 2.75) is 38.8 Å². The SMILES string of the molecule is CCC1NC(=O)CCN(C(C)c2ccc(Cl)s2)C1=O. The van der Waals surface area contributed by atoms with Gasteiger partial charge in [-0.3, -0.25) is 9.59 Å². The molecule has 2 rings (SSSR count). The van der Waals surface area contributed by atoms with Gasteiger partial charge in [0, 0.05) is 17.8 Å². The zero-order valence-corrected chi connectivity index (χ0v) is 12.6. The molecule has 1 aromatic rings. The normalized spacial score (nSPS) is 22.1. The van der Waals surface area contributed by atoms with E-state index in [1.807, 2.05) is 26.0 Å². The molecule has 2 atom stereocenters. The fourth-order valence-corrected chi connectivity index (χ4v) is 3.35. The highest BCUT2D eigenvalue weighted by atomic mass is 35.5. The van der Waals surface area contributed by atoms with Crippen LogP contribution in [-0.2, 0) is 9.59 Å². The quantitative estimate of drug-likeness (QED) is 0.933. The molecule has 1 N–H and O–H groups in total. The van der Waals surface area contributed by atoms with Crippen molar-refractivity contribution in [3.05, 3.63) is 21.3 Å². The van der Waals surface area contributed by atoms with Crippen molar-refractivity contribution in [2.75, 3.05) is 6.54 Å². The summed E-state index contributed by atoms with van der Waals surface area (Å²) in [6.45, 7) is 4.33. The summed E-state index contributed by atoms with van der Waals surface area (Å²) in [5.74, 6) is -0.0653. The highest BCUT2D eigenvalue weighted by molar-refractivity contribution is 7.16. The van der Waals surface area contributed by atoms with E-state index in [2.05, 4.69) is 5.32 Å². The molecule has 0 aromatic carbocycles. The van der Waals surface area contributed by atoms with Crippen LogP contribution >= 0.6 is 22.9 Å². The van der Waals surface area contributed by atoms with E-state index in [1.54, 1.807) is 4.90 Å².